The van der Waals surface area contributed by atoms with Crippen LogP contribution in [-0.4, -0.2) is 52.2 Å². The quantitative estimate of drug-likeness (QED) is 0.614. The first-order chi connectivity index (χ1) is 13.6. The minimum atomic E-state index is -0.225. The van der Waals surface area contributed by atoms with E-state index in [-0.39, 0.29) is 17.9 Å². The molecule has 0 radical (unpaired) electrons. The topological polar surface area (TPSA) is 79.7 Å². The third-order valence-electron chi connectivity index (χ3n) is 4.83. The summed E-state index contributed by atoms with van der Waals surface area (Å²) in [6.45, 7) is 3.35. The molecule has 3 aromatic rings. The molecule has 0 aliphatic rings. The van der Waals surface area contributed by atoms with Gasteiger partial charge < -0.3 is 9.64 Å². The molecule has 1 aromatic carbocycles. The van der Waals surface area contributed by atoms with Gasteiger partial charge >= 0.3 is 0 Å². The van der Waals surface area contributed by atoms with Crippen LogP contribution in [-0.2, 0) is 22.4 Å². The number of H-pyrrole nitrogens is 1. The van der Waals surface area contributed by atoms with E-state index in [0.29, 0.717) is 36.6 Å². The third-order valence-corrected chi connectivity index (χ3v) is 4.83. The van der Waals surface area contributed by atoms with E-state index in [1.54, 1.807) is 31.2 Å². The van der Waals surface area contributed by atoms with Crippen LogP contribution in [0.25, 0.3) is 5.65 Å². The van der Waals surface area contributed by atoms with Crippen molar-refractivity contribution in [2.45, 2.75) is 26.2 Å². The van der Waals surface area contributed by atoms with Crippen LogP contribution in [0.2, 0.25) is 0 Å². The lowest BCUT2D eigenvalue weighted by atomic mass is 10.1. The molecule has 7 heteroatoms. The number of ether oxygens (including phenoxy) is 1. The molecule has 28 heavy (non-hydrogen) atoms. The van der Waals surface area contributed by atoms with Gasteiger partial charge in [0.05, 0.1) is 13.0 Å². The zero-order chi connectivity index (χ0) is 19.9. The summed E-state index contributed by atoms with van der Waals surface area (Å²) >= 11 is 0. The van der Waals surface area contributed by atoms with Crippen LogP contribution in [0.4, 0.5) is 0 Å². The maximum Gasteiger partial charge on any atom is 0.276 e. The molecule has 0 spiro atoms. The maximum atomic E-state index is 12.9. The van der Waals surface area contributed by atoms with Gasteiger partial charge in [-0.2, -0.15) is 0 Å². The number of fused-ring (bicyclic) bond motifs is 1. The summed E-state index contributed by atoms with van der Waals surface area (Å²) in [5.41, 5.74) is 2.59. The van der Waals surface area contributed by atoms with Crippen molar-refractivity contribution < 1.29 is 9.53 Å². The first kappa shape index (κ1) is 19.8. The Labute approximate surface area is 163 Å². The molecule has 148 valence electrons. The molecule has 0 saturated heterocycles. The number of aryl methyl sites for hydroxylation is 2. The summed E-state index contributed by atoms with van der Waals surface area (Å²) in [4.78, 5) is 31.8. The maximum absolute atomic E-state index is 12.9. The normalized spacial score (nSPS) is 11.1. The Bertz CT molecular complexity index is 978. The lowest BCUT2D eigenvalue weighted by molar-refractivity contribution is -0.131. The van der Waals surface area contributed by atoms with Crippen LogP contribution in [0, 0.1) is 6.92 Å². The summed E-state index contributed by atoms with van der Waals surface area (Å²) in [5.74, 6) is -0.0846. The molecule has 7 nitrogen and oxygen atoms in total. The van der Waals surface area contributed by atoms with E-state index in [4.69, 9.17) is 4.74 Å². The van der Waals surface area contributed by atoms with Crippen LogP contribution in [0.3, 0.4) is 0 Å². The molecule has 1 N–H and O–H groups in total. The summed E-state index contributed by atoms with van der Waals surface area (Å²) < 4.78 is 6.52. The Morgan fingerprint density at radius 1 is 1.21 bits per heavy atom. The zero-order valence-corrected chi connectivity index (χ0v) is 16.4. The minimum absolute atomic E-state index is 0.0364. The molecule has 2 aromatic heterocycles. The van der Waals surface area contributed by atoms with Gasteiger partial charge in [0, 0.05) is 43.7 Å². The minimum Gasteiger partial charge on any atom is -0.383 e. The number of rotatable bonds is 9. The number of methoxy groups -OCH3 is 1. The van der Waals surface area contributed by atoms with Crippen molar-refractivity contribution in [3.8, 4) is 0 Å². The Morgan fingerprint density at radius 3 is 2.75 bits per heavy atom. The van der Waals surface area contributed by atoms with Crippen LogP contribution in [0.15, 0.2) is 47.4 Å². The first-order valence-corrected chi connectivity index (χ1v) is 9.46. The van der Waals surface area contributed by atoms with Crippen molar-refractivity contribution in [3.63, 3.8) is 0 Å². The van der Waals surface area contributed by atoms with Gasteiger partial charge in [-0.25, -0.2) is 9.50 Å². The van der Waals surface area contributed by atoms with Gasteiger partial charge in [-0.15, -0.1) is 0 Å². The van der Waals surface area contributed by atoms with Gasteiger partial charge in [0.1, 0.15) is 0 Å². The second-order valence-corrected chi connectivity index (χ2v) is 6.78. The predicted octanol–water partition coefficient (Wildman–Crippen LogP) is 1.98. The summed E-state index contributed by atoms with van der Waals surface area (Å²) in [5, 5.41) is 2.84. The van der Waals surface area contributed by atoms with Crippen molar-refractivity contribution >= 4 is 11.6 Å². The van der Waals surface area contributed by atoms with Crippen molar-refractivity contribution in [1.29, 1.82) is 0 Å². The van der Waals surface area contributed by atoms with Gasteiger partial charge in [0.2, 0.25) is 5.91 Å². The van der Waals surface area contributed by atoms with Crippen LogP contribution < -0.4 is 5.56 Å². The van der Waals surface area contributed by atoms with Crippen molar-refractivity contribution in [1.82, 2.24) is 19.5 Å². The van der Waals surface area contributed by atoms with Gasteiger partial charge in [-0.05, 0) is 25.3 Å². The largest absolute Gasteiger partial charge is 0.383 e. The van der Waals surface area contributed by atoms with Crippen molar-refractivity contribution in [2.75, 3.05) is 26.8 Å². The molecule has 0 fully saturated rings. The average Bonchev–Trinajstić information content (AvgIpc) is 3.17. The molecule has 2 heterocycles. The standard InChI is InChI=1S/C21H26N4O3/c1-16-18(21(27)25-19(23-16)10-11-22-25)15-20(26)24(13-14-28-2)12-6-9-17-7-4-3-5-8-17/h3-5,7-8,10-11,22H,6,9,12-15H2,1-2H3. The van der Waals surface area contributed by atoms with Crippen LogP contribution in [0.1, 0.15) is 23.2 Å². The van der Waals surface area contributed by atoms with Gasteiger partial charge in [0.25, 0.3) is 5.56 Å². The van der Waals surface area contributed by atoms with Gasteiger partial charge in [-0.1, -0.05) is 30.3 Å². The highest BCUT2D eigenvalue weighted by Crippen LogP contribution is 2.08. The molecule has 0 saturated carbocycles. The molecular weight excluding hydrogens is 356 g/mol. The second kappa shape index (κ2) is 9.32. The summed E-state index contributed by atoms with van der Waals surface area (Å²) in [6.07, 6.45) is 3.44. The van der Waals surface area contributed by atoms with E-state index in [1.165, 1.54) is 10.1 Å². The smallest absolute Gasteiger partial charge is 0.276 e. The van der Waals surface area contributed by atoms with Crippen LogP contribution >= 0.6 is 0 Å². The molecule has 0 aliphatic heterocycles. The highest BCUT2D eigenvalue weighted by atomic mass is 16.5. The number of aromatic nitrogens is 3. The fourth-order valence-electron chi connectivity index (χ4n) is 3.25. The SMILES string of the molecule is COCCN(CCCc1ccccc1)C(=O)Cc1c(C)nc2cc[nH]n2c1=O. The van der Waals surface area contributed by atoms with Gasteiger partial charge in [-0.3, -0.25) is 14.7 Å². The molecule has 3 rings (SSSR count). The Hall–Kier alpha value is -2.93. The fraction of sp³-hybridized carbons (Fsp3) is 0.381. The number of aromatic amines is 1. The monoisotopic (exact) mass is 382 g/mol. The molecule has 0 unspecified atom stereocenters. The lowest BCUT2D eigenvalue weighted by Gasteiger charge is -2.22. The van der Waals surface area contributed by atoms with E-state index in [0.717, 1.165) is 12.8 Å². The van der Waals surface area contributed by atoms with E-state index in [1.807, 2.05) is 18.2 Å². The Morgan fingerprint density at radius 2 is 2.00 bits per heavy atom. The average molecular weight is 382 g/mol. The number of hydrogen-bond donors (Lipinski definition) is 1. The van der Waals surface area contributed by atoms with E-state index in [9.17, 15) is 9.59 Å². The highest BCUT2D eigenvalue weighted by molar-refractivity contribution is 5.79. The number of amides is 1. The number of hydrogen-bond acceptors (Lipinski definition) is 4. The van der Waals surface area contributed by atoms with Crippen LogP contribution in [0.5, 0.6) is 0 Å². The number of benzene rings is 1. The molecule has 0 atom stereocenters. The Balaban J connectivity index is 1.69. The summed E-state index contributed by atoms with van der Waals surface area (Å²) in [6, 6.07) is 11.9. The number of carbonyl (C=O) groups is 1. The number of nitrogens with zero attached hydrogens (tertiary/aromatic N) is 3. The zero-order valence-electron chi connectivity index (χ0n) is 16.4. The molecule has 1 amide bonds. The van der Waals surface area contributed by atoms with E-state index in [2.05, 4.69) is 22.2 Å². The van der Waals surface area contributed by atoms with Gasteiger partial charge in [0.15, 0.2) is 5.65 Å². The third kappa shape index (κ3) is 4.67. The molecule has 0 bridgehead atoms. The fourth-order valence-corrected chi connectivity index (χ4v) is 3.25. The number of carbonyl (C=O) groups excluding carboxylic acids is 1. The predicted molar refractivity (Wildman–Crippen MR) is 107 cm³/mol. The van der Waals surface area contributed by atoms with Crippen molar-refractivity contribution in [2.24, 2.45) is 0 Å². The van der Waals surface area contributed by atoms with Crippen molar-refractivity contribution in [3.05, 3.63) is 69.8 Å². The molecular formula is C21H26N4O3. The Kier molecular flexibility index (Phi) is 6.60. The highest BCUT2D eigenvalue weighted by Gasteiger charge is 2.19. The molecule has 0 aliphatic carbocycles. The summed E-state index contributed by atoms with van der Waals surface area (Å²) in [7, 11) is 1.62. The number of nitrogens with one attached hydrogen (secondary N) is 1. The van der Waals surface area contributed by atoms with E-state index < -0.39 is 0 Å². The lowest BCUT2D eigenvalue weighted by Crippen LogP contribution is -2.37. The van der Waals surface area contributed by atoms with E-state index >= 15 is 0 Å². The first-order valence-electron chi connectivity index (χ1n) is 9.46. The second-order valence-electron chi connectivity index (χ2n) is 6.78.